The van der Waals surface area contributed by atoms with Crippen LogP contribution in [-0.2, 0) is 11.2 Å². The highest BCUT2D eigenvalue weighted by atomic mass is 16.5. The van der Waals surface area contributed by atoms with Crippen molar-refractivity contribution in [2.24, 2.45) is 0 Å². The van der Waals surface area contributed by atoms with Crippen LogP contribution in [-0.4, -0.2) is 79.0 Å². The number of carbonyl (C=O) groups excluding carboxylic acids is 2. The van der Waals surface area contributed by atoms with E-state index in [4.69, 9.17) is 9.47 Å². The Morgan fingerprint density at radius 2 is 1.60 bits per heavy atom. The molecule has 0 spiro atoms. The third kappa shape index (κ3) is 4.16. The van der Waals surface area contributed by atoms with E-state index in [-0.39, 0.29) is 17.9 Å². The van der Waals surface area contributed by atoms with Crippen molar-refractivity contribution >= 4 is 11.8 Å². The molecule has 0 bridgehead atoms. The molecule has 2 aromatic carbocycles. The van der Waals surface area contributed by atoms with Crippen LogP contribution in [0, 0.1) is 0 Å². The van der Waals surface area contributed by atoms with Gasteiger partial charge in [-0.3, -0.25) is 9.59 Å². The average molecular weight is 478 g/mol. The topological polar surface area (TPSA) is 62.3 Å². The van der Waals surface area contributed by atoms with Crippen LogP contribution in [0.15, 0.2) is 36.4 Å². The summed E-state index contributed by atoms with van der Waals surface area (Å²) in [5.41, 5.74) is 3.60. The lowest BCUT2D eigenvalue weighted by Gasteiger charge is -2.47. The lowest BCUT2D eigenvalue weighted by atomic mass is 9.75. The highest BCUT2D eigenvalue weighted by molar-refractivity contribution is 6.01. The second-order valence-electron chi connectivity index (χ2n) is 9.38. The van der Waals surface area contributed by atoms with Gasteiger partial charge in [0.2, 0.25) is 5.91 Å². The van der Waals surface area contributed by atoms with Crippen molar-refractivity contribution in [2.75, 3.05) is 52.5 Å². The van der Waals surface area contributed by atoms with Crippen LogP contribution in [0.2, 0.25) is 0 Å². The lowest BCUT2D eigenvalue weighted by molar-refractivity contribution is -0.136. The van der Waals surface area contributed by atoms with Crippen LogP contribution in [0.1, 0.15) is 59.8 Å². The van der Waals surface area contributed by atoms with Crippen molar-refractivity contribution in [1.82, 2.24) is 14.7 Å². The normalized spacial score (nSPS) is 21.7. The molecule has 7 nitrogen and oxygen atoms in total. The fourth-order valence-corrected chi connectivity index (χ4v) is 5.82. The molecular formula is C28H35N3O4. The highest BCUT2D eigenvalue weighted by Crippen LogP contribution is 2.49. The predicted octanol–water partition coefficient (Wildman–Crippen LogP) is 3.48. The molecule has 1 saturated heterocycles. The van der Waals surface area contributed by atoms with E-state index >= 15 is 0 Å². The number of rotatable bonds is 6. The molecule has 2 amide bonds. The Bertz CT molecular complexity index is 1110. The number of ether oxygens (including phenoxy) is 2. The molecule has 3 aliphatic heterocycles. The molecule has 0 aliphatic carbocycles. The van der Waals surface area contributed by atoms with Crippen molar-refractivity contribution in [2.45, 2.75) is 39.2 Å². The number of nitrogens with zero attached hydrogens (tertiary/aromatic N) is 3. The van der Waals surface area contributed by atoms with Gasteiger partial charge in [0, 0.05) is 38.3 Å². The Labute approximate surface area is 207 Å². The van der Waals surface area contributed by atoms with E-state index in [0.717, 1.165) is 48.5 Å². The quantitative estimate of drug-likeness (QED) is 0.638. The van der Waals surface area contributed by atoms with E-state index in [0.29, 0.717) is 44.2 Å². The van der Waals surface area contributed by atoms with Gasteiger partial charge in [0.05, 0.1) is 25.2 Å². The number of hydrogen-bond donors (Lipinski definition) is 0. The molecule has 2 aromatic rings. The van der Waals surface area contributed by atoms with Crippen molar-refractivity contribution in [1.29, 1.82) is 0 Å². The third-order valence-corrected chi connectivity index (χ3v) is 7.58. The SMILES string of the molecule is CCOc1cc2c(cc1OCC)[C@@H]1[C@@H](C(=O)N3CCN(CC)CC3)c3ccccc3C(=O)N1CC2. The van der Waals surface area contributed by atoms with Gasteiger partial charge in [0.25, 0.3) is 5.91 Å². The molecule has 186 valence electrons. The minimum atomic E-state index is -0.441. The van der Waals surface area contributed by atoms with Gasteiger partial charge in [-0.2, -0.15) is 0 Å². The first-order chi connectivity index (χ1) is 17.1. The molecule has 0 saturated carbocycles. The minimum absolute atomic E-state index is 0.00273. The van der Waals surface area contributed by atoms with Gasteiger partial charge in [-0.15, -0.1) is 0 Å². The van der Waals surface area contributed by atoms with Gasteiger partial charge in [-0.05, 0) is 61.7 Å². The van der Waals surface area contributed by atoms with Gasteiger partial charge in [-0.25, -0.2) is 0 Å². The molecular weight excluding hydrogens is 442 g/mol. The van der Waals surface area contributed by atoms with Crippen molar-refractivity contribution in [3.63, 3.8) is 0 Å². The maximum absolute atomic E-state index is 14.2. The zero-order valence-corrected chi connectivity index (χ0v) is 21.0. The summed E-state index contributed by atoms with van der Waals surface area (Å²) in [5, 5.41) is 0. The lowest BCUT2D eigenvalue weighted by Crippen LogP contribution is -2.54. The predicted molar refractivity (Wildman–Crippen MR) is 134 cm³/mol. The smallest absolute Gasteiger partial charge is 0.254 e. The van der Waals surface area contributed by atoms with Crippen molar-refractivity contribution in [3.05, 3.63) is 58.7 Å². The maximum atomic E-state index is 14.2. The number of amides is 2. The minimum Gasteiger partial charge on any atom is -0.490 e. The summed E-state index contributed by atoms with van der Waals surface area (Å²) >= 11 is 0. The Morgan fingerprint density at radius 1 is 0.914 bits per heavy atom. The van der Waals surface area contributed by atoms with E-state index in [9.17, 15) is 9.59 Å². The summed E-state index contributed by atoms with van der Waals surface area (Å²) in [6, 6.07) is 11.4. The second-order valence-corrected chi connectivity index (χ2v) is 9.38. The van der Waals surface area contributed by atoms with Crippen LogP contribution < -0.4 is 9.47 Å². The Morgan fingerprint density at radius 3 is 2.29 bits per heavy atom. The first kappa shape index (κ1) is 23.7. The molecule has 0 radical (unpaired) electrons. The molecule has 7 heteroatoms. The zero-order valence-electron chi connectivity index (χ0n) is 21.0. The van der Waals surface area contributed by atoms with Gasteiger partial charge in [0.1, 0.15) is 0 Å². The summed E-state index contributed by atoms with van der Waals surface area (Å²) < 4.78 is 11.8. The second kappa shape index (κ2) is 9.90. The highest BCUT2D eigenvalue weighted by Gasteiger charge is 2.48. The number of fused-ring (bicyclic) bond motifs is 4. The van der Waals surface area contributed by atoms with E-state index in [1.165, 1.54) is 0 Å². The first-order valence-corrected chi connectivity index (χ1v) is 12.9. The largest absolute Gasteiger partial charge is 0.490 e. The summed E-state index contributed by atoms with van der Waals surface area (Å²) in [6.45, 7) is 11.9. The monoisotopic (exact) mass is 477 g/mol. The van der Waals surface area contributed by atoms with Crippen molar-refractivity contribution < 1.29 is 19.1 Å². The molecule has 0 unspecified atom stereocenters. The van der Waals surface area contributed by atoms with Gasteiger partial charge in [-0.1, -0.05) is 25.1 Å². The van der Waals surface area contributed by atoms with Crippen LogP contribution in [0.5, 0.6) is 11.5 Å². The molecule has 0 aromatic heterocycles. The summed E-state index contributed by atoms with van der Waals surface area (Å²) in [7, 11) is 0. The number of hydrogen-bond acceptors (Lipinski definition) is 5. The molecule has 5 rings (SSSR count). The number of piperazine rings is 1. The van der Waals surface area contributed by atoms with Crippen molar-refractivity contribution in [3.8, 4) is 11.5 Å². The fourth-order valence-electron chi connectivity index (χ4n) is 5.82. The van der Waals surface area contributed by atoms with Gasteiger partial charge < -0.3 is 24.2 Å². The molecule has 1 fully saturated rings. The number of benzene rings is 2. The van der Waals surface area contributed by atoms with Crippen LogP contribution in [0.3, 0.4) is 0 Å². The van der Waals surface area contributed by atoms with Crippen LogP contribution >= 0.6 is 0 Å². The maximum Gasteiger partial charge on any atom is 0.254 e. The van der Waals surface area contributed by atoms with E-state index in [1.54, 1.807) is 0 Å². The number of likely N-dealkylation sites (N-methyl/N-ethyl adjacent to an activating group) is 1. The Kier molecular flexibility index (Phi) is 6.69. The molecule has 35 heavy (non-hydrogen) atoms. The molecule has 2 atom stereocenters. The standard InChI is InChI=1S/C28H35N3O4/c1-4-29-13-15-30(16-14-29)28(33)25-20-9-7-8-10-21(20)27(32)31-12-11-19-17-23(34-5-2)24(35-6-3)18-22(19)26(25)31/h7-10,17-18,25-26H,4-6,11-16H2,1-3H3/t25-,26+/m0/s1. The number of carbonyl (C=O) groups is 2. The third-order valence-electron chi connectivity index (χ3n) is 7.58. The summed E-state index contributed by atoms with van der Waals surface area (Å²) in [5.74, 6) is 1.06. The Balaban J connectivity index is 1.61. The van der Waals surface area contributed by atoms with E-state index in [1.807, 2.05) is 60.0 Å². The van der Waals surface area contributed by atoms with E-state index < -0.39 is 5.92 Å². The van der Waals surface area contributed by atoms with Crippen LogP contribution in [0.4, 0.5) is 0 Å². The molecule has 3 heterocycles. The summed E-state index contributed by atoms with van der Waals surface area (Å²) in [6.07, 6.45) is 0.725. The fraction of sp³-hybridized carbons (Fsp3) is 0.500. The molecule has 0 N–H and O–H groups in total. The average Bonchev–Trinajstić information content (AvgIpc) is 2.89. The van der Waals surface area contributed by atoms with Gasteiger partial charge in [0.15, 0.2) is 11.5 Å². The first-order valence-electron chi connectivity index (χ1n) is 12.9. The van der Waals surface area contributed by atoms with Gasteiger partial charge >= 0.3 is 0 Å². The summed E-state index contributed by atoms with van der Waals surface area (Å²) in [4.78, 5) is 34.1. The molecule has 3 aliphatic rings. The Hall–Kier alpha value is -3.06. The van der Waals surface area contributed by atoms with Crippen LogP contribution in [0.25, 0.3) is 0 Å². The van der Waals surface area contributed by atoms with E-state index in [2.05, 4.69) is 11.8 Å². The zero-order chi connectivity index (χ0) is 24.5.